The lowest BCUT2D eigenvalue weighted by Gasteiger charge is -2.12. The molecule has 1 aliphatic carbocycles. The summed E-state index contributed by atoms with van der Waals surface area (Å²) in [5, 5.41) is 15.7. The smallest absolute Gasteiger partial charge is 0.267 e. The molecular weight excluding hydrogens is 652 g/mol. The number of thiophene rings is 1. The third-order valence-electron chi connectivity index (χ3n) is 5.58. The number of benzene rings is 2. The van der Waals surface area contributed by atoms with Crippen molar-refractivity contribution in [2.24, 2.45) is 5.10 Å². The van der Waals surface area contributed by atoms with Crippen LogP contribution in [-0.4, -0.2) is 32.5 Å². The van der Waals surface area contributed by atoms with E-state index in [0.717, 1.165) is 41.1 Å². The van der Waals surface area contributed by atoms with Crippen LogP contribution in [0.25, 0.3) is 15.9 Å². The minimum atomic E-state index is -0.379. The minimum absolute atomic E-state index is 0.0118. The van der Waals surface area contributed by atoms with Crippen LogP contribution in [-0.2, 0) is 17.6 Å². The third kappa shape index (κ3) is 5.12. The fourth-order valence-corrected chi connectivity index (χ4v) is 7.45. The van der Waals surface area contributed by atoms with E-state index in [4.69, 9.17) is 16.6 Å². The first-order chi connectivity index (χ1) is 17.3. The summed E-state index contributed by atoms with van der Waals surface area (Å²) in [7, 11) is 0. The molecule has 184 valence electrons. The Kier molecular flexibility index (Phi) is 7.55. The van der Waals surface area contributed by atoms with E-state index in [0.29, 0.717) is 36.1 Å². The maximum Gasteiger partial charge on any atom is 0.267 e. The lowest BCUT2D eigenvalue weighted by molar-refractivity contribution is -0.118. The monoisotopic (exact) mass is 666 g/mol. The number of nitrogens with one attached hydrogen (secondary N) is 1. The number of amides is 1. The second-order valence-corrected chi connectivity index (χ2v) is 12.2. The first kappa shape index (κ1) is 25.5. The maximum absolute atomic E-state index is 13.6. The normalized spacial score (nSPS) is 13.0. The Bertz CT molecular complexity index is 1590. The zero-order valence-corrected chi connectivity index (χ0v) is 24.0. The van der Waals surface area contributed by atoms with Crippen molar-refractivity contribution < 1.29 is 9.90 Å². The van der Waals surface area contributed by atoms with Crippen LogP contribution >= 0.6 is 66.6 Å². The Labute approximate surface area is 235 Å². The molecule has 1 aliphatic rings. The van der Waals surface area contributed by atoms with Crippen LogP contribution in [0.15, 0.2) is 60.4 Å². The SMILES string of the molecule is O=C(CSc1nc2sc3c(c2c(=O)n1-c1ccc(Cl)cc1)CCC3)N/N=C/c1cc(Br)cc(Br)c1O. The molecule has 0 fully saturated rings. The molecule has 0 saturated heterocycles. The number of carbonyl (C=O) groups excluding carboxylic acids is 1. The van der Waals surface area contributed by atoms with Gasteiger partial charge in [0.05, 0.1) is 27.5 Å². The molecule has 0 aliphatic heterocycles. The highest BCUT2D eigenvalue weighted by Gasteiger charge is 2.24. The van der Waals surface area contributed by atoms with Gasteiger partial charge in [-0.1, -0.05) is 39.3 Å². The van der Waals surface area contributed by atoms with E-state index < -0.39 is 0 Å². The molecule has 0 saturated carbocycles. The van der Waals surface area contributed by atoms with E-state index in [1.807, 2.05) is 0 Å². The highest BCUT2D eigenvalue weighted by Crippen LogP contribution is 2.36. The van der Waals surface area contributed by atoms with Gasteiger partial charge in [0, 0.05) is 19.9 Å². The Morgan fingerprint density at radius 1 is 1.28 bits per heavy atom. The molecule has 2 N–H and O–H groups in total. The Hall–Kier alpha value is -2.18. The fraction of sp³-hybridized carbons (Fsp3) is 0.167. The number of aromatic hydroxyl groups is 1. The van der Waals surface area contributed by atoms with Crippen molar-refractivity contribution in [3.63, 3.8) is 0 Å². The second kappa shape index (κ2) is 10.7. The summed E-state index contributed by atoms with van der Waals surface area (Å²) in [6.07, 6.45) is 4.24. The van der Waals surface area contributed by atoms with Gasteiger partial charge < -0.3 is 5.11 Å². The summed E-state index contributed by atoms with van der Waals surface area (Å²) in [5.41, 5.74) is 4.48. The predicted molar refractivity (Wildman–Crippen MR) is 152 cm³/mol. The Morgan fingerprint density at radius 3 is 2.83 bits per heavy atom. The van der Waals surface area contributed by atoms with Crippen LogP contribution in [0.2, 0.25) is 5.02 Å². The molecule has 2 heterocycles. The van der Waals surface area contributed by atoms with Gasteiger partial charge in [0.1, 0.15) is 10.6 Å². The quantitative estimate of drug-likeness (QED) is 0.113. The van der Waals surface area contributed by atoms with Gasteiger partial charge in [-0.15, -0.1) is 11.3 Å². The van der Waals surface area contributed by atoms with Crippen LogP contribution in [0.5, 0.6) is 5.75 Å². The average molecular weight is 669 g/mol. The molecule has 0 radical (unpaired) electrons. The maximum atomic E-state index is 13.6. The van der Waals surface area contributed by atoms with E-state index in [2.05, 4.69) is 42.4 Å². The van der Waals surface area contributed by atoms with E-state index in [9.17, 15) is 14.7 Å². The molecule has 0 atom stereocenters. The molecular formula is C24H17Br2ClN4O3S2. The van der Waals surface area contributed by atoms with Gasteiger partial charge >= 0.3 is 0 Å². The van der Waals surface area contributed by atoms with E-state index in [1.54, 1.807) is 52.3 Å². The van der Waals surface area contributed by atoms with Gasteiger partial charge in [0.2, 0.25) is 0 Å². The number of phenolic OH excluding ortho intramolecular Hbond substituents is 1. The summed E-state index contributed by atoms with van der Waals surface area (Å²) < 4.78 is 2.79. The molecule has 36 heavy (non-hydrogen) atoms. The zero-order chi connectivity index (χ0) is 25.4. The topological polar surface area (TPSA) is 96.6 Å². The first-order valence-electron chi connectivity index (χ1n) is 10.8. The van der Waals surface area contributed by atoms with E-state index >= 15 is 0 Å². The molecule has 12 heteroatoms. The summed E-state index contributed by atoms with van der Waals surface area (Å²) in [5.74, 6) is -0.379. The van der Waals surface area contributed by atoms with Gasteiger partial charge in [-0.2, -0.15) is 5.10 Å². The standard InChI is InChI=1S/C24H17Br2ClN4O3S2/c25-13-8-12(21(33)17(26)9-13)10-28-30-19(32)11-35-24-29-22-20(16-2-1-3-18(16)36-22)23(34)31(24)15-6-4-14(27)5-7-15/h4-10,33H,1-3,11H2,(H,30,32)/b28-10+. The van der Waals surface area contributed by atoms with Crippen molar-refractivity contribution in [2.45, 2.75) is 24.4 Å². The second-order valence-electron chi connectivity index (χ2n) is 7.96. The molecule has 1 amide bonds. The van der Waals surface area contributed by atoms with Crippen molar-refractivity contribution in [3.8, 4) is 11.4 Å². The van der Waals surface area contributed by atoms with Gasteiger partial charge in [0.15, 0.2) is 5.16 Å². The number of carbonyl (C=O) groups is 1. The number of thioether (sulfide) groups is 1. The first-order valence-corrected chi connectivity index (χ1v) is 14.5. The number of rotatable bonds is 6. The number of phenols is 1. The summed E-state index contributed by atoms with van der Waals surface area (Å²) in [6, 6.07) is 10.3. The lowest BCUT2D eigenvalue weighted by Crippen LogP contribution is -2.24. The number of aromatic nitrogens is 2. The average Bonchev–Trinajstić information content (AvgIpc) is 3.43. The zero-order valence-electron chi connectivity index (χ0n) is 18.4. The van der Waals surface area contributed by atoms with Crippen molar-refractivity contribution in [3.05, 3.63) is 76.7 Å². The highest BCUT2D eigenvalue weighted by molar-refractivity contribution is 9.11. The number of hydrogen-bond donors (Lipinski definition) is 2. The molecule has 5 rings (SSSR count). The Morgan fingerprint density at radius 2 is 2.06 bits per heavy atom. The molecule has 2 aromatic carbocycles. The van der Waals surface area contributed by atoms with Crippen molar-refractivity contribution in [1.82, 2.24) is 15.0 Å². The predicted octanol–water partition coefficient (Wildman–Crippen LogP) is 6.06. The number of aryl methyl sites for hydroxylation is 2. The summed E-state index contributed by atoms with van der Waals surface area (Å²) in [4.78, 5) is 32.9. The van der Waals surface area contributed by atoms with Crippen LogP contribution in [0.3, 0.4) is 0 Å². The minimum Gasteiger partial charge on any atom is -0.506 e. The molecule has 2 aromatic heterocycles. The van der Waals surface area contributed by atoms with Crippen molar-refractivity contribution in [1.29, 1.82) is 0 Å². The number of hydrazone groups is 1. The molecule has 0 spiro atoms. The van der Waals surface area contributed by atoms with Crippen LogP contribution in [0, 0.1) is 0 Å². The van der Waals surface area contributed by atoms with Crippen LogP contribution in [0.4, 0.5) is 0 Å². The number of fused-ring (bicyclic) bond motifs is 3. The third-order valence-corrected chi connectivity index (χ3v) is 9.01. The summed E-state index contributed by atoms with van der Waals surface area (Å²) >= 11 is 15.4. The molecule has 4 aromatic rings. The fourth-order valence-electron chi connectivity index (χ4n) is 3.96. The number of halogens is 3. The molecule has 0 bridgehead atoms. The number of hydrogen-bond acceptors (Lipinski definition) is 7. The van der Waals surface area contributed by atoms with Gasteiger partial charge in [-0.25, -0.2) is 10.4 Å². The highest BCUT2D eigenvalue weighted by atomic mass is 79.9. The largest absolute Gasteiger partial charge is 0.506 e. The van der Waals surface area contributed by atoms with Crippen LogP contribution in [0.1, 0.15) is 22.4 Å². The molecule has 0 unspecified atom stereocenters. The van der Waals surface area contributed by atoms with Crippen molar-refractivity contribution in [2.75, 3.05) is 5.75 Å². The number of nitrogens with zero attached hydrogens (tertiary/aromatic N) is 3. The van der Waals surface area contributed by atoms with Gasteiger partial charge in [0.25, 0.3) is 11.5 Å². The molecule has 7 nitrogen and oxygen atoms in total. The lowest BCUT2D eigenvalue weighted by atomic mass is 10.2. The van der Waals surface area contributed by atoms with E-state index in [1.165, 1.54) is 11.1 Å². The summed E-state index contributed by atoms with van der Waals surface area (Å²) in [6.45, 7) is 0. The van der Waals surface area contributed by atoms with Crippen molar-refractivity contribution >= 4 is 88.9 Å². The van der Waals surface area contributed by atoms with Gasteiger partial charge in [-0.3, -0.25) is 14.2 Å². The Balaban J connectivity index is 1.40. The van der Waals surface area contributed by atoms with E-state index in [-0.39, 0.29) is 23.0 Å². The van der Waals surface area contributed by atoms with Gasteiger partial charge in [-0.05, 0) is 77.2 Å². The van der Waals surface area contributed by atoms with Crippen LogP contribution < -0.4 is 11.0 Å².